The summed E-state index contributed by atoms with van der Waals surface area (Å²) in [6.07, 6.45) is 1.72. The average Bonchev–Trinajstić information content (AvgIpc) is 2.51. The minimum atomic E-state index is -0.0700. The van der Waals surface area contributed by atoms with E-state index in [9.17, 15) is 9.59 Å². The lowest BCUT2D eigenvalue weighted by molar-refractivity contribution is -0.124. The van der Waals surface area contributed by atoms with Gasteiger partial charge in [0.2, 0.25) is 5.91 Å². The molecule has 2 N–H and O–H groups in total. The van der Waals surface area contributed by atoms with Crippen LogP contribution in [0.4, 0.5) is 0 Å². The standard InChI is InChI=1S/C17H26N2O2/c1-5-12(3)16(20)18-11-14-8-7-9-15(10-14)17(21)19-13(4)6-2/h7-10,12-13H,5-6,11H2,1-4H3,(H,18,20)(H,19,21)/t12-,13-/m1/s1. The highest BCUT2D eigenvalue weighted by molar-refractivity contribution is 5.94. The predicted octanol–water partition coefficient (Wildman–Crippen LogP) is 2.88. The Morgan fingerprint density at radius 2 is 1.86 bits per heavy atom. The van der Waals surface area contributed by atoms with Crippen molar-refractivity contribution in [1.29, 1.82) is 0 Å². The van der Waals surface area contributed by atoms with Crippen LogP contribution in [-0.2, 0) is 11.3 Å². The largest absolute Gasteiger partial charge is 0.352 e. The third kappa shape index (κ3) is 5.58. The van der Waals surface area contributed by atoms with Gasteiger partial charge in [-0.1, -0.05) is 32.9 Å². The number of hydrogen-bond acceptors (Lipinski definition) is 2. The number of amides is 2. The Bertz CT molecular complexity index is 485. The fraction of sp³-hybridized carbons (Fsp3) is 0.529. The number of rotatable bonds is 7. The first-order valence-corrected chi connectivity index (χ1v) is 7.65. The second-order valence-electron chi connectivity index (χ2n) is 5.51. The summed E-state index contributed by atoms with van der Waals surface area (Å²) < 4.78 is 0. The van der Waals surface area contributed by atoms with E-state index in [-0.39, 0.29) is 23.8 Å². The van der Waals surface area contributed by atoms with Crippen LogP contribution in [0.1, 0.15) is 56.5 Å². The van der Waals surface area contributed by atoms with E-state index in [0.717, 1.165) is 18.4 Å². The van der Waals surface area contributed by atoms with Crippen LogP contribution in [0.15, 0.2) is 24.3 Å². The van der Waals surface area contributed by atoms with Crippen LogP contribution in [-0.4, -0.2) is 17.9 Å². The lowest BCUT2D eigenvalue weighted by atomic mass is 10.1. The molecule has 1 aromatic rings. The van der Waals surface area contributed by atoms with Crippen molar-refractivity contribution in [1.82, 2.24) is 10.6 Å². The summed E-state index contributed by atoms with van der Waals surface area (Å²) in [4.78, 5) is 23.8. The Morgan fingerprint density at radius 3 is 2.48 bits per heavy atom. The summed E-state index contributed by atoms with van der Waals surface area (Å²) in [5.74, 6) is -0.00621. The molecule has 0 spiro atoms. The van der Waals surface area contributed by atoms with E-state index in [4.69, 9.17) is 0 Å². The van der Waals surface area contributed by atoms with Gasteiger partial charge in [-0.2, -0.15) is 0 Å². The Kier molecular flexibility index (Phi) is 6.92. The molecule has 1 rings (SSSR count). The first-order chi connectivity index (χ1) is 9.97. The summed E-state index contributed by atoms with van der Waals surface area (Å²) >= 11 is 0. The highest BCUT2D eigenvalue weighted by Gasteiger charge is 2.11. The zero-order chi connectivity index (χ0) is 15.8. The fourth-order valence-electron chi connectivity index (χ4n) is 1.78. The normalized spacial score (nSPS) is 13.3. The van der Waals surface area contributed by atoms with Crippen molar-refractivity contribution < 1.29 is 9.59 Å². The Labute approximate surface area is 127 Å². The van der Waals surface area contributed by atoms with Gasteiger partial charge in [-0.25, -0.2) is 0 Å². The van der Waals surface area contributed by atoms with Gasteiger partial charge in [0.05, 0.1) is 0 Å². The van der Waals surface area contributed by atoms with Crippen molar-refractivity contribution in [2.45, 2.75) is 53.1 Å². The Hall–Kier alpha value is -1.84. The van der Waals surface area contributed by atoms with Gasteiger partial charge in [0, 0.05) is 24.1 Å². The monoisotopic (exact) mass is 290 g/mol. The van der Waals surface area contributed by atoms with Gasteiger partial charge in [-0.3, -0.25) is 9.59 Å². The molecule has 0 saturated carbocycles. The summed E-state index contributed by atoms with van der Waals surface area (Å²) in [5, 5.41) is 5.84. The molecule has 0 aliphatic rings. The smallest absolute Gasteiger partial charge is 0.251 e. The van der Waals surface area contributed by atoms with Gasteiger partial charge >= 0.3 is 0 Å². The lowest BCUT2D eigenvalue weighted by Crippen LogP contribution is -2.32. The molecule has 0 saturated heterocycles. The molecule has 1 aromatic carbocycles. The topological polar surface area (TPSA) is 58.2 Å². The van der Waals surface area contributed by atoms with Crippen molar-refractivity contribution in [2.24, 2.45) is 5.92 Å². The maximum absolute atomic E-state index is 12.1. The van der Waals surface area contributed by atoms with E-state index >= 15 is 0 Å². The highest BCUT2D eigenvalue weighted by atomic mass is 16.2. The zero-order valence-corrected chi connectivity index (χ0v) is 13.4. The summed E-state index contributed by atoms with van der Waals surface area (Å²) in [6.45, 7) is 8.36. The van der Waals surface area contributed by atoms with Crippen molar-refractivity contribution in [3.63, 3.8) is 0 Å². The van der Waals surface area contributed by atoms with Crippen LogP contribution in [0.3, 0.4) is 0 Å². The summed E-state index contributed by atoms with van der Waals surface area (Å²) in [7, 11) is 0. The molecule has 0 aliphatic heterocycles. The molecule has 0 aliphatic carbocycles. The van der Waals surface area contributed by atoms with Crippen molar-refractivity contribution in [2.75, 3.05) is 0 Å². The first-order valence-electron chi connectivity index (χ1n) is 7.65. The summed E-state index contributed by atoms with van der Waals surface area (Å²) in [6, 6.07) is 7.53. The molecule has 0 fully saturated rings. The maximum atomic E-state index is 12.1. The molecule has 0 unspecified atom stereocenters. The third-order valence-electron chi connectivity index (χ3n) is 3.71. The van der Waals surface area contributed by atoms with E-state index in [2.05, 4.69) is 10.6 Å². The van der Waals surface area contributed by atoms with Gasteiger partial charge < -0.3 is 10.6 Å². The van der Waals surface area contributed by atoms with E-state index in [0.29, 0.717) is 12.1 Å². The van der Waals surface area contributed by atoms with Crippen LogP contribution >= 0.6 is 0 Å². The third-order valence-corrected chi connectivity index (χ3v) is 3.71. The van der Waals surface area contributed by atoms with Gasteiger partial charge in [0.25, 0.3) is 5.91 Å². The Morgan fingerprint density at radius 1 is 1.14 bits per heavy atom. The molecule has 4 nitrogen and oxygen atoms in total. The lowest BCUT2D eigenvalue weighted by Gasteiger charge is -2.13. The van der Waals surface area contributed by atoms with Crippen LogP contribution < -0.4 is 10.6 Å². The van der Waals surface area contributed by atoms with Crippen LogP contribution in [0.2, 0.25) is 0 Å². The number of carbonyl (C=O) groups excluding carboxylic acids is 2. The molecule has 2 amide bonds. The molecular formula is C17H26N2O2. The van der Waals surface area contributed by atoms with Crippen LogP contribution in [0.25, 0.3) is 0 Å². The number of benzene rings is 1. The molecule has 4 heteroatoms. The fourth-order valence-corrected chi connectivity index (χ4v) is 1.78. The quantitative estimate of drug-likeness (QED) is 0.811. The predicted molar refractivity (Wildman–Crippen MR) is 85.0 cm³/mol. The molecule has 21 heavy (non-hydrogen) atoms. The molecular weight excluding hydrogens is 264 g/mol. The minimum absolute atomic E-state index is 0.0156. The van der Waals surface area contributed by atoms with Crippen LogP contribution in [0, 0.1) is 5.92 Å². The van der Waals surface area contributed by atoms with Crippen molar-refractivity contribution in [3.8, 4) is 0 Å². The zero-order valence-electron chi connectivity index (χ0n) is 13.4. The molecule has 116 valence electrons. The minimum Gasteiger partial charge on any atom is -0.352 e. The second-order valence-corrected chi connectivity index (χ2v) is 5.51. The first kappa shape index (κ1) is 17.2. The molecule has 0 radical (unpaired) electrons. The second kappa shape index (κ2) is 8.45. The van der Waals surface area contributed by atoms with E-state index < -0.39 is 0 Å². The number of hydrogen-bond donors (Lipinski definition) is 2. The van der Waals surface area contributed by atoms with Gasteiger partial charge in [-0.05, 0) is 37.5 Å². The Balaban J connectivity index is 2.64. The van der Waals surface area contributed by atoms with Crippen molar-refractivity contribution in [3.05, 3.63) is 35.4 Å². The molecule has 2 atom stereocenters. The SMILES string of the molecule is CC[C@@H](C)NC(=O)c1cccc(CNC(=O)[C@H](C)CC)c1. The molecule has 0 heterocycles. The average molecular weight is 290 g/mol. The van der Waals surface area contributed by atoms with Crippen molar-refractivity contribution >= 4 is 11.8 Å². The van der Waals surface area contributed by atoms with Gasteiger partial charge in [0.15, 0.2) is 0 Å². The van der Waals surface area contributed by atoms with E-state index in [1.54, 1.807) is 6.07 Å². The highest BCUT2D eigenvalue weighted by Crippen LogP contribution is 2.07. The van der Waals surface area contributed by atoms with Gasteiger partial charge in [0.1, 0.15) is 0 Å². The maximum Gasteiger partial charge on any atom is 0.251 e. The molecule has 0 aromatic heterocycles. The van der Waals surface area contributed by atoms with E-state index in [1.807, 2.05) is 45.9 Å². The number of nitrogens with one attached hydrogen (secondary N) is 2. The van der Waals surface area contributed by atoms with Crippen LogP contribution in [0.5, 0.6) is 0 Å². The summed E-state index contributed by atoms with van der Waals surface area (Å²) in [5.41, 5.74) is 1.56. The molecule has 0 bridgehead atoms. The number of carbonyl (C=O) groups is 2. The van der Waals surface area contributed by atoms with Gasteiger partial charge in [-0.15, -0.1) is 0 Å². The van der Waals surface area contributed by atoms with E-state index in [1.165, 1.54) is 0 Å².